The summed E-state index contributed by atoms with van der Waals surface area (Å²) < 4.78 is 11.3. The molecule has 0 aliphatic carbocycles. The standard InChI is InChI=1S/C7H18NO2P/c1-7(2)6-11(9,10)5-3-4-8/h7H,3-6,8H2,1-2H3,(H,9,10). The van der Waals surface area contributed by atoms with E-state index in [1.807, 2.05) is 13.8 Å². The van der Waals surface area contributed by atoms with Gasteiger partial charge in [-0.3, -0.25) is 4.57 Å². The molecule has 0 aromatic carbocycles. The normalized spacial score (nSPS) is 16.8. The summed E-state index contributed by atoms with van der Waals surface area (Å²) in [6, 6.07) is 0. The molecule has 0 fully saturated rings. The summed E-state index contributed by atoms with van der Waals surface area (Å²) in [6.45, 7) is 4.40. The fourth-order valence-electron chi connectivity index (χ4n) is 1.00. The van der Waals surface area contributed by atoms with Gasteiger partial charge in [0.15, 0.2) is 0 Å². The quantitative estimate of drug-likeness (QED) is 0.624. The van der Waals surface area contributed by atoms with Crippen LogP contribution in [0.3, 0.4) is 0 Å². The molecule has 1 unspecified atom stereocenters. The Kier molecular flexibility index (Phi) is 4.98. The van der Waals surface area contributed by atoms with Crippen LogP contribution in [0, 0.1) is 5.92 Å². The van der Waals surface area contributed by atoms with Crippen molar-refractivity contribution in [2.75, 3.05) is 18.9 Å². The molecule has 3 nitrogen and oxygen atoms in total. The highest BCUT2D eigenvalue weighted by atomic mass is 31.2. The van der Waals surface area contributed by atoms with E-state index in [9.17, 15) is 9.46 Å². The molecule has 0 saturated carbocycles. The van der Waals surface area contributed by atoms with Crippen molar-refractivity contribution in [3.05, 3.63) is 0 Å². The third-order valence-corrected chi connectivity index (χ3v) is 3.68. The molecular weight excluding hydrogens is 161 g/mol. The van der Waals surface area contributed by atoms with Gasteiger partial charge in [-0.2, -0.15) is 0 Å². The number of hydrogen-bond acceptors (Lipinski definition) is 2. The molecule has 0 aromatic heterocycles. The van der Waals surface area contributed by atoms with Crippen molar-refractivity contribution in [3.63, 3.8) is 0 Å². The molecule has 0 amide bonds. The SMILES string of the molecule is CC(C)CP(=O)(O)CCCN. The summed E-state index contributed by atoms with van der Waals surface area (Å²) in [4.78, 5) is 9.32. The lowest BCUT2D eigenvalue weighted by molar-refractivity contribution is 0.467. The van der Waals surface area contributed by atoms with E-state index in [4.69, 9.17) is 5.73 Å². The highest BCUT2D eigenvalue weighted by Crippen LogP contribution is 2.42. The Hall–Kier alpha value is 0.150. The summed E-state index contributed by atoms with van der Waals surface area (Å²) in [5.74, 6) is 0.295. The molecule has 0 aliphatic heterocycles. The van der Waals surface area contributed by atoms with Gasteiger partial charge >= 0.3 is 0 Å². The van der Waals surface area contributed by atoms with Crippen LogP contribution in [0.5, 0.6) is 0 Å². The van der Waals surface area contributed by atoms with Crippen LogP contribution in [-0.4, -0.2) is 23.8 Å². The van der Waals surface area contributed by atoms with Gasteiger partial charge in [-0.25, -0.2) is 0 Å². The molecule has 0 saturated heterocycles. The number of hydrogen-bond donors (Lipinski definition) is 2. The first-order valence-electron chi connectivity index (χ1n) is 3.99. The maximum absolute atomic E-state index is 11.3. The minimum absolute atomic E-state index is 0.295. The second-order valence-electron chi connectivity index (χ2n) is 3.29. The zero-order valence-corrected chi connectivity index (χ0v) is 8.18. The van der Waals surface area contributed by atoms with Crippen LogP contribution >= 0.6 is 7.37 Å². The molecule has 0 bridgehead atoms. The van der Waals surface area contributed by atoms with Crippen molar-refractivity contribution in [1.82, 2.24) is 0 Å². The van der Waals surface area contributed by atoms with E-state index in [0.29, 0.717) is 31.2 Å². The van der Waals surface area contributed by atoms with E-state index < -0.39 is 7.37 Å². The van der Waals surface area contributed by atoms with Crippen LogP contribution < -0.4 is 5.73 Å². The van der Waals surface area contributed by atoms with Crippen molar-refractivity contribution in [2.24, 2.45) is 11.7 Å². The molecule has 0 spiro atoms. The van der Waals surface area contributed by atoms with Crippen LogP contribution in [0.15, 0.2) is 0 Å². The highest BCUT2D eigenvalue weighted by molar-refractivity contribution is 7.57. The van der Waals surface area contributed by atoms with Gasteiger partial charge in [0.05, 0.1) is 0 Å². The molecule has 1 atom stereocenters. The largest absolute Gasteiger partial charge is 0.344 e. The number of rotatable bonds is 5. The molecule has 0 aromatic rings. The van der Waals surface area contributed by atoms with Gasteiger partial charge in [0.25, 0.3) is 0 Å². The number of nitrogens with two attached hydrogens (primary N) is 1. The molecule has 0 rings (SSSR count). The molecule has 68 valence electrons. The summed E-state index contributed by atoms with van der Waals surface area (Å²) in [7, 11) is -2.85. The highest BCUT2D eigenvalue weighted by Gasteiger charge is 2.18. The van der Waals surface area contributed by atoms with E-state index in [0.717, 1.165) is 0 Å². The van der Waals surface area contributed by atoms with Crippen molar-refractivity contribution in [1.29, 1.82) is 0 Å². The Morgan fingerprint density at radius 1 is 1.55 bits per heavy atom. The zero-order chi connectivity index (χ0) is 8.91. The predicted octanol–water partition coefficient (Wildman–Crippen LogP) is 1.26. The summed E-state index contributed by atoms with van der Waals surface area (Å²) in [6.07, 6.45) is 1.45. The first-order chi connectivity index (χ1) is 4.98. The smallest absolute Gasteiger partial charge is 0.200 e. The summed E-state index contributed by atoms with van der Waals surface area (Å²) >= 11 is 0. The summed E-state index contributed by atoms with van der Waals surface area (Å²) in [5, 5.41) is 0. The van der Waals surface area contributed by atoms with Gasteiger partial charge in [-0.05, 0) is 18.9 Å². The fraction of sp³-hybridized carbons (Fsp3) is 1.00. The Morgan fingerprint density at radius 3 is 2.45 bits per heavy atom. The van der Waals surface area contributed by atoms with Gasteiger partial charge in [-0.15, -0.1) is 0 Å². The lowest BCUT2D eigenvalue weighted by Crippen LogP contribution is -2.06. The van der Waals surface area contributed by atoms with Crippen molar-refractivity contribution >= 4 is 7.37 Å². The van der Waals surface area contributed by atoms with Crippen LogP contribution in [0.2, 0.25) is 0 Å². The average Bonchev–Trinajstić information content (AvgIpc) is 1.81. The minimum atomic E-state index is -2.85. The third-order valence-electron chi connectivity index (χ3n) is 1.36. The van der Waals surface area contributed by atoms with Gasteiger partial charge in [-0.1, -0.05) is 13.8 Å². The molecule has 0 radical (unpaired) electrons. The lowest BCUT2D eigenvalue weighted by Gasteiger charge is -2.12. The Labute approximate surface area is 68.4 Å². The van der Waals surface area contributed by atoms with Gasteiger partial charge in [0.2, 0.25) is 7.37 Å². The molecule has 0 aliphatic rings. The topological polar surface area (TPSA) is 63.3 Å². The second-order valence-corrected chi connectivity index (χ2v) is 5.79. The van der Waals surface area contributed by atoms with Gasteiger partial charge in [0, 0.05) is 12.3 Å². The van der Waals surface area contributed by atoms with Crippen LogP contribution in [0.4, 0.5) is 0 Å². The average molecular weight is 179 g/mol. The fourth-order valence-corrected chi connectivity index (χ4v) is 3.00. The van der Waals surface area contributed by atoms with Gasteiger partial charge < -0.3 is 10.6 Å². The lowest BCUT2D eigenvalue weighted by atomic mass is 10.3. The van der Waals surface area contributed by atoms with E-state index >= 15 is 0 Å². The molecular formula is C7H18NO2P. The van der Waals surface area contributed by atoms with Crippen molar-refractivity contribution in [3.8, 4) is 0 Å². The molecule has 4 heteroatoms. The molecule has 11 heavy (non-hydrogen) atoms. The zero-order valence-electron chi connectivity index (χ0n) is 7.29. The summed E-state index contributed by atoms with van der Waals surface area (Å²) in [5.41, 5.74) is 5.23. The van der Waals surface area contributed by atoms with Gasteiger partial charge in [0.1, 0.15) is 0 Å². The van der Waals surface area contributed by atoms with E-state index in [1.54, 1.807) is 0 Å². The van der Waals surface area contributed by atoms with E-state index in [2.05, 4.69) is 0 Å². The van der Waals surface area contributed by atoms with E-state index in [-0.39, 0.29) is 0 Å². The Balaban J connectivity index is 3.71. The van der Waals surface area contributed by atoms with Crippen molar-refractivity contribution < 1.29 is 9.46 Å². The first kappa shape index (κ1) is 11.2. The Morgan fingerprint density at radius 2 is 2.09 bits per heavy atom. The maximum Gasteiger partial charge on any atom is 0.200 e. The Bertz CT molecular complexity index is 147. The first-order valence-corrected chi connectivity index (χ1v) is 6.02. The predicted molar refractivity (Wildman–Crippen MR) is 48.1 cm³/mol. The van der Waals surface area contributed by atoms with Crippen LogP contribution in [0.25, 0.3) is 0 Å². The minimum Gasteiger partial charge on any atom is -0.344 e. The van der Waals surface area contributed by atoms with Crippen molar-refractivity contribution in [2.45, 2.75) is 20.3 Å². The van der Waals surface area contributed by atoms with E-state index in [1.165, 1.54) is 0 Å². The van der Waals surface area contributed by atoms with Crippen LogP contribution in [-0.2, 0) is 4.57 Å². The molecule has 3 N–H and O–H groups in total. The third kappa shape index (κ3) is 6.54. The maximum atomic E-state index is 11.3. The molecule has 0 heterocycles. The second kappa shape index (κ2) is 4.91. The van der Waals surface area contributed by atoms with Crippen LogP contribution in [0.1, 0.15) is 20.3 Å². The monoisotopic (exact) mass is 179 g/mol.